The Bertz CT molecular complexity index is 374. The highest BCUT2D eigenvalue weighted by molar-refractivity contribution is 5.90. The Morgan fingerprint density at radius 1 is 1.33 bits per heavy atom. The van der Waals surface area contributed by atoms with E-state index in [1.54, 1.807) is 4.90 Å². The number of hydrogen-bond acceptors (Lipinski definition) is 3. The van der Waals surface area contributed by atoms with E-state index in [1.165, 1.54) is 0 Å². The summed E-state index contributed by atoms with van der Waals surface area (Å²) in [5.74, 6) is 0.285. The topological polar surface area (TPSA) is 69.6 Å². The highest BCUT2D eigenvalue weighted by Gasteiger charge is 2.38. The summed E-state index contributed by atoms with van der Waals surface area (Å²) in [5.41, 5.74) is -0.475. The summed E-state index contributed by atoms with van der Waals surface area (Å²) in [6.45, 7) is 10.3. The minimum absolute atomic E-state index is 0.0181. The van der Waals surface area contributed by atoms with Crippen LogP contribution in [0.4, 0.5) is 0 Å². The zero-order valence-corrected chi connectivity index (χ0v) is 14.0. The monoisotopic (exact) mass is 298 g/mol. The van der Waals surface area contributed by atoms with Gasteiger partial charge < -0.3 is 15.3 Å². The molecule has 0 aromatic heterocycles. The third-order valence-electron chi connectivity index (χ3n) is 3.78. The fourth-order valence-electron chi connectivity index (χ4n) is 2.76. The van der Waals surface area contributed by atoms with Crippen LogP contribution in [0.3, 0.4) is 0 Å². The molecule has 21 heavy (non-hydrogen) atoms. The predicted molar refractivity (Wildman–Crippen MR) is 82.7 cm³/mol. The van der Waals surface area contributed by atoms with Crippen molar-refractivity contribution in [1.82, 2.24) is 10.2 Å². The summed E-state index contributed by atoms with van der Waals surface area (Å²) in [4.78, 5) is 26.5. The standard InChI is InChI=1S/C16H30N2O3/c1-11(2)9-12(10-19)17-14(20)13-7-6-8-18(13)15(21)16(3,4)5/h11-13,19H,6-10H2,1-5H3,(H,17,20). The Hall–Kier alpha value is -1.10. The summed E-state index contributed by atoms with van der Waals surface area (Å²) in [6, 6.07) is -0.623. The first-order valence-electron chi connectivity index (χ1n) is 7.89. The van der Waals surface area contributed by atoms with Crippen molar-refractivity contribution in [3.05, 3.63) is 0 Å². The maximum absolute atomic E-state index is 12.4. The minimum atomic E-state index is -0.475. The lowest BCUT2D eigenvalue weighted by Crippen LogP contribution is -2.52. The second-order valence-corrected chi connectivity index (χ2v) is 7.42. The first-order valence-corrected chi connectivity index (χ1v) is 7.89. The van der Waals surface area contributed by atoms with Crippen LogP contribution in [-0.4, -0.2) is 47.1 Å². The van der Waals surface area contributed by atoms with Gasteiger partial charge in [-0.05, 0) is 25.2 Å². The second-order valence-electron chi connectivity index (χ2n) is 7.42. The van der Waals surface area contributed by atoms with Crippen LogP contribution in [-0.2, 0) is 9.59 Å². The molecule has 1 rings (SSSR count). The Balaban J connectivity index is 2.70. The highest BCUT2D eigenvalue weighted by Crippen LogP contribution is 2.25. The molecule has 1 aliphatic rings. The normalized spacial score (nSPS) is 20.7. The van der Waals surface area contributed by atoms with E-state index in [-0.39, 0.29) is 24.5 Å². The van der Waals surface area contributed by atoms with E-state index < -0.39 is 11.5 Å². The number of likely N-dealkylation sites (tertiary alicyclic amines) is 1. The molecule has 5 nitrogen and oxygen atoms in total. The largest absolute Gasteiger partial charge is 0.394 e. The lowest BCUT2D eigenvalue weighted by Gasteiger charge is -2.31. The third-order valence-corrected chi connectivity index (χ3v) is 3.78. The first kappa shape index (κ1) is 18.0. The lowest BCUT2D eigenvalue weighted by molar-refractivity contribution is -0.145. The van der Waals surface area contributed by atoms with Gasteiger partial charge in [0, 0.05) is 12.0 Å². The third kappa shape index (κ3) is 4.99. The molecule has 2 unspecified atom stereocenters. The molecular weight excluding hydrogens is 268 g/mol. The summed E-state index contributed by atoms with van der Waals surface area (Å²) in [5, 5.41) is 12.3. The van der Waals surface area contributed by atoms with Crippen molar-refractivity contribution in [2.75, 3.05) is 13.2 Å². The van der Waals surface area contributed by atoms with E-state index in [0.29, 0.717) is 18.9 Å². The van der Waals surface area contributed by atoms with Crippen LogP contribution in [0, 0.1) is 11.3 Å². The van der Waals surface area contributed by atoms with E-state index in [9.17, 15) is 14.7 Å². The molecule has 122 valence electrons. The van der Waals surface area contributed by atoms with Crippen LogP contribution in [0.15, 0.2) is 0 Å². The van der Waals surface area contributed by atoms with Crippen molar-refractivity contribution in [3.8, 4) is 0 Å². The fraction of sp³-hybridized carbons (Fsp3) is 0.875. The molecule has 2 atom stereocenters. The number of nitrogens with zero attached hydrogens (tertiary/aromatic N) is 1. The number of aliphatic hydroxyl groups is 1. The van der Waals surface area contributed by atoms with Gasteiger partial charge in [-0.2, -0.15) is 0 Å². The molecule has 0 aliphatic carbocycles. The van der Waals surface area contributed by atoms with Crippen LogP contribution in [0.5, 0.6) is 0 Å². The number of rotatable bonds is 5. The Morgan fingerprint density at radius 3 is 2.43 bits per heavy atom. The van der Waals surface area contributed by atoms with E-state index in [4.69, 9.17) is 0 Å². The SMILES string of the molecule is CC(C)CC(CO)NC(=O)C1CCCN1C(=O)C(C)(C)C. The molecule has 1 fully saturated rings. The van der Waals surface area contributed by atoms with Crippen LogP contribution in [0.2, 0.25) is 0 Å². The van der Waals surface area contributed by atoms with Gasteiger partial charge in [-0.25, -0.2) is 0 Å². The van der Waals surface area contributed by atoms with Gasteiger partial charge in [0.15, 0.2) is 0 Å². The molecule has 5 heteroatoms. The summed E-state index contributed by atoms with van der Waals surface area (Å²) in [6.07, 6.45) is 2.30. The van der Waals surface area contributed by atoms with Gasteiger partial charge in [-0.3, -0.25) is 9.59 Å². The number of aliphatic hydroxyl groups excluding tert-OH is 1. The fourth-order valence-corrected chi connectivity index (χ4v) is 2.76. The van der Waals surface area contributed by atoms with Crippen molar-refractivity contribution < 1.29 is 14.7 Å². The molecule has 0 saturated carbocycles. The summed E-state index contributed by atoms with van der Waals surface area (Å²) < 4.78 is 0. The number of hydrogen-bond donors (Lipinski definition) is 2. The molecule has 0 radical (unpaired) electrons. The van der Waals surface area contributed by atoms with Gasteiger partial charge in [0.2, 0.25) is 11.8 Å². The molecule has 0 bridgehead atoms. The second kappa shape index (κ2) is 7.25. The molecule has 0 aromatic carbocycles. The molecule has 2 N–H and O–H groups in total. The van der Waals surface area contributed by atoms with Crippen LogP contribution in [0.25, 0.3) is 0 Å². The molecular formula is C16H30N2O3. The number of carbonyl (C=O) groups excluding carboxylic acids is 2. The first-order chi connectivity index (χ1) is 9.66. The van der Waals surface area contributed by atoms with E-state index in [0.717, 1.165) is 12.8 Å². The van der Waals surface area contributed by atoms with Gasteiger partial charge in [-0.15, -0.1) is 0 Å². The van der Waals surface area contributed by atoms with Crippen LogP contribution < -0.4 is 5.32 Å². The molecule has 1 heterocycles. The van der Waals surface area contributed by atoms with Gasteiger partial charge >= 0.3 is 0 Å². The Labute approximate surface area is 128 Å². The summed E-state index contributed by atoms with van der Waals surface area (Å²) in [7, 11) is 0. The van der Waals surface area contributed by atoms with Crippen molar-refractivity contribution in [2.24, 2.45) is 11.3 Å². The average molecular weight is 298 g/mol. The quantitative estimate of drug-likeness (QED) is 0.809. The maximum atomic E-state index is 12.4. The molecule has 1 saturated heterocycles. The van der Waals surface area contributed by atoms with Crippen LogP contribution >= 0.6 is 0 Å². The van der Waals surface area contributed by atoms with Crippen molar-refractivity contribution in [2.45, 2.75) is 66.0 Å². The number of nitrogens with one attached hydrogen (secondary N) is 1. The maximum Gasteiger partial charge on any atom is 0.243 e. The number of carbonyl (C=O) groups is 2. The predicted octanol–water partition coefficient (Wildman–Crippen LogP) is 1.55. The van der Waals surface area contributed by atoms with Crippen molar-refractivity contribution >= 4 is 11.8 Å². The van der Waals surface area contributed by atoms with Gasteiger partial charge in [0.1, 0.15) is 6.04 Å². The molecule has 0 aromatic rings. The van der Waals surface area contributed by atoms with E-state index in [1.807, 2.05) is 20.8 Å². The van der Waals surface area contributed by atoms with E-state index >= 15 is 0 Å². The smallest absolute Gasteiger partial charge is 0.243 e. The van der Waals surface area contributed by atoms with Gasteiger partial charge in [0.05, 0.1) is 12.6 Å². The molecule has 0 spiro atoms. The minimum Gasteiger partial charge on any atom is -0.394 e. The lowest BCUT2D eigenvalue weighted by atomic mass is 9.94. The Kier molecular flexibility index (Phi) is 6.20. The average Bonchev–Trinajstić information content (AvgIpc) is 2.84. The zero-order valence-electron chi connectivity index (χ0n) is 14.0. The number of amides is 2. The zero-order chi connectivity index (χ0) is 16.2. The van der Waals surface area contributed by atoms with Gasteiger partial charge in [0.25, 0.3) is 0 Å². The van der Waals surface area contributed by atoms with E-state index in [2.05, 4.69) is 19.2 Å². The Morgan fingerprint density at radius 2 is 1.95 bits per heavy atom. The summed E-state index contributed by atoms with van der Waals surface area (Å²) >= 11 is 0. The molecule has 2 amide bonds. The highest BCUT2D eigenvalue weighted by atomic mass is 16.3. The van der Waals surface area contributed by atoms with Crippen molar-refractivity contribution in [1.29, 1.82) is 0 Å². The van der Waals surface area contributed by atoms with Gasteiger partial charge in [-0.1, -0.05) is 34.6 Å². The van der Waals surface area contributed by atoms with Crippen LogP contribution in [0.1, 0.15) is 53.9 Å². The van der Waals surface area contributed by atoms with Crippen molar-refractivity contribution in [3.63, 3.8) is 0 Å². The molecule has 1 aliphatic heterocycles.